The minimum absolute atomic E-state index is 0.0622. The molecule has 58 valence electrons. The molecule has 2 N–H and O–H groups in total. The van der Waals surface area contributed by atoms with Crippen LogP contribution in [-0.2, 0) is 14.4 Å². The maximum absolute atomic E-state index is 10.4. The van der Waals surface area contributed by atoms with Crippen LogP contribution in [0, 0.1) is 0 Å². The molecule has 0 heterocycles. The molecule has 0 saturated heterocycles. The van der Waals surface area contributed by atoms with E-state index in [0.29, 0.717) is 0 Å². The summed E-state index contributed by atoms with van der Waals surface area (Å²) in [5, 5.41) is 8.20. The van der Waals surface area contributed by atoms with Crippen LogP contribution in [0.4, 0.5) is 0 Å². The Labute approximate surface area is 57.9 Å². The highest BCUT2D eigenvalue weighted by atomic mass is 16.7. The predicted molar refractivity (Wildman–Crippen MR) is 31.6 cm³/mol. The highest BCUT2D eigenvalue weighted by molar-refractivity contribution is 5.77. The molecule has 0 fully saturated rings. The fraction of sp³-hybridized carbons (Fsp3) is 0.600. The zero-order chi connectivity index (χ0) is 7.98. The Morgan fingerprint density at radius 1 is 1.60 bits per heavy atom. The highest BCUT2D eigenvalue weighted by Crippen LogP contribution is 1.76. The Kier molecular flexibility index (Phi) is 4.23. The third kappa shape index (κ3) is 5.04. The maximum atomic E-state index is 10.4. The second-order valence-corrected chi connectivity index (χ2v) is 1.59. The minimum atomic E-state index is -0.591. The number of hydrogen-bond acceptors (Lipinski definition) is 4. The van der Waals surface area contributed by atoms with Gasteiger partial charge in [0.1, 0.15) is 0 Å². The average molecular weight is 147 g/mol. The first-order valence-electron chi connectivity index (χ1n) is 2.74. The molecular weight excluding hydrogens is 138 g/mol. The summed E-state index contributed by atoms with van der Waals surface area (Å²) in [6.07, 6.45) is -0.0622. The Morgan fingerprint density at radius 3 is 2.60 bits per heavy atom. The van der Waals surface area contributed by atoms with E-state index in [1.807, 2.05) is 5.48 Å². The van der Waals surface area contributed by atoms with Gasteiger partial charge < -0.3 is 9.94 Å². The third-order valence-electron chi connectivity index (χ3n) is 0.647. The van der Waals surface area contributed by atoms with Crippen LogP contribution in [0.15, 0.2) is 0 Å². The number of nitrogens with one attached hydrogen (secondary N) is 1. The molecule has 0 atom stereocenters. The smallest absolute Gasteiger partial charge is 0.329 e. The van der Waals surface area contributed by atoms with Gasteiger partial charge in [0, 0.05) is 6.92 Å². The first-order valence-corrected chi connectivity index (χ1v) is 2.74. The summed E-state index contributed by atoms with van der Waals surface area (Å²) in [6, 6.07) is 0. The van der Waals surface area contributed by atoms with Crippen LogP contribution in [0.5, 0.6) is 0 Å². The molecule has 0 radical (unpaired) electrons. The number of hydroxylamine groups is 1. The molecule has 0 aliphatic carbocycles. The zero-order valence-corrected chi connectivity index (χ0v) is 5.59. The normalized spacial score (nSPS) is 8.60. The fourth-order valence-corrected chi connectivity index (χ4v) is 0.281. The van der Waals surface area contributed by atoms with Crippen molar-refractivity contribution in [3.05, 3.63) is 0 Å². The predicted octanol–water partition coefficient (Wildman–Crippen LogP) is -1.04. The van der Waals surface area contributed by atoms with E-state index >= 15 is 0 Å². The van der Waals surface area contributed by atoms with E-state index < -0.39 is 11.9 Å². The summed E-state index contributed by atoms with van der Waals surface area (Å²) in [7, 11) is 0. The molecule has 0 aliphatic heterocycles. The van der Waals surface area contributed by atoms with Gasteiger partial charge in [-0.15, -0.1) is 0 Å². The minimum Gasteiger partial charge on any atom is -0.396 e. The first kappa shape index (κ1) is 8.90. The van der Waals surface area contributed by atoms with E-state index in [4.69, 9.17) is 5.11 Å². The monoisotopic (exact) mass is 147 g/mol. The number of amides is 1. The van der Waals surface area contributed by atoms with Gasteiger partial charge in [0.2, 0.25) is 0 Å². The lowest BCUT2D eigenvalue weighted by Crippen LogP contribution is -2.26. The van der Waals surface area contributed by atoms with Crippen LogP contribution in [-0.4, -0.2) is 23.6 Å². The van der Waals surface area contributed by atoms with Gasteiger partial charge in [-0.1, -0.05) is 0 Å². The van der Waals surface area contributed by atoms with Crippen LogP contribution >= 0.6 is 0 Å². The number of hydrogen-bond donors (Lipinski definition) is 2. The summed E-state index contributed by atoms with van der Waals surface area (Å²) < 4.78 is 0. The summed E-state index contributed by atoms with van der Waals surface area (Å²) in [6.45, 7) is 0.909. The molecule has 0 bridgehead atoms. The molecule has 0 aromatic rings. The first-order chi connectivity index (χ1) is 4.66. The van der Waals surface area contributed by atoms with E-state index in [0.717, 1.165) is 0 Å². The quantitative estimate of drug-likeness (QED) is 0.489. The summed E-state index contributed by atoms with van der Waals surface area (Å²) in [5.74, 6) is -1.11. The van der Waals surface area contributed by atoms with Crippen molar-refractivity contribution < 1.29 is 19.5 Å². The Balaban J connectivity index is 3.30. The van der Waals surface area contributed by atoms with Gasteiger partial charge in [-0.05, 0) is 0 Å². The molecular formula is C5H9NO4. The highest BCUT2D eigenvalue weighted by Gasteiger charge is 1.99. The molecule has 10 heavy (non-hydrogen) atoms. The van der Waals surface area contributed by atoms with Crippen LogP contribution in [0.1, 0.15) is 13.3 Å². The third-order valence-corrected chi connectivity index (χ3v) is 0.647. The topological polar surface area (TPSA) is 75.6 Å². The molecule has 5 nitrogen and oxygen atoms in total. The molecule has 0 aromatic heterocycles. The lowest BCUT2D eigenvalue weighted by molar-refractivity contribution is -0.156. The van der Waals surface area contributed by atoms with Gasteiger partial charge in [-0.3, -0.25) is 9.59 Å². The summed E-state index contributed by atoms with van der Waals surface area (Å²) in [5.41, 5.74) is 1.83. The molecule has 0 aromatic carbocycles. The summed E-state index contributed by atoms with van der Waals surface area (Å²) >= 11 is 0. The van der Waals surface area contributed by atoms with E-state index in [1.54, 1.807) is 0 Å². The largest absolute Gasteiger partial charge is 0.396 e. The fourth-order valence-electron chi connectivity index (χ4n) is 0.281. The second-order valence-electron chi connectivity index (χ2n) is 1.59. The van der Waals surface area contributed by atoms with Gasteiger partial charge in [0.25, 0.3) is 5.91 Å². The van der Waals surface area contributed by atoms with Gasteiger partial charge in [-0.25, -0.2) is 0 Å². The number of rotatable bonds is 2. The number of aliphatic hydroxyl groups is 1. The van der Waals surface area contributed by atoms with E-state index in [1.165, 1.54) is 6.92 Å². The van der Waals surface area contributed by atoms with Crippen LogP contribution in [0.2, 0.25) is 0 Å². The Morgan fingerprint density at radius 2 is 2.20 bits per heavy atom. The standard InChI is InChI=1S/C5H9NO4/c1-4(8)10-6-5(9)2-3-7/h7H,2-3H2,1H3,(H,6,9). The maximum Gasteiger partial charge on any atom is 0.329 e. The molecule has 0 spiro atoms. The zero-order valence-electron chi connectivity index (χ0n) is 5.59. The van der Waals surface area contributed by atoms with E-state index in [2.05, 4.69) is 4.84 Å². The molecule has 0 rings (SSSR count). The summed E-state index contributed by atoms with van der Waals surface area (Å²) in [4.78, 5) is 24.6. The van der Waals surface area contributed by atoms with Gasteiger partial charge in [0.15, 0.2) is 0 Å². The van der Waals surface area contributed by atoms with Crippen LogP contribution < -0.4 is 5.48 Å². The van der Waals surface area contributed by atoms with Gasteiger partial charge in [-0.2, -0.15) is 5.48 Å². The van der Waals surface area contributed by atoms with E-state index in [9.17, 15) is 9.59 Å². The Hall–Kier alpha value is -1.10. The molecule has 0 aliphatic rings. The van der Waals surface area contributed by atoms with Crippen molar-refractivity contribution in [3.8, 4) is 0 Å². The Bertz CT molecular complexity index is 134. The van der Waals surface area contributed by atoms with Gasteiger partial charge in [0.05, 0.1) is 13.0 Å². The number of aliphatic hydroxyl groups excluding tert-OH is 1. The van der Waals surface area contributed by atoms with Crippen LogP contribution in [0.25, 0.3) is 0 Å². The molecule has 5 heteroatoms. The van der Waals surface area contributed by atoms with Crippen molar-refractivity contribution in [2.75, 3.05) is 6.61 Å². The SMILES string of the molecule is CC(=O)ONC(=O)CCO. The van der Waals surface area contributed by atoms with Crippen molar-refractivity contribution in [3.63, 3.8) is 0 Å². The number of carbonyl (C=O) groups is 2. The van der Waals surface area contributed by atoms with Crippen LogP contribution in [0.3, 0.4) is 0 Å². The molecule has 0 unspecified atom stereocenters. The average Bonchev–Trinajstić information content (AvgIpc) is 1.85. The van der Waals surface area contributed by atoms with Gasteiger partial charge >= 0.3 is 5.97 Å². The van der Waals surface area contributed by atoms with Crippen molar-refractivity contribution in [2.24, 2.45) is 0 Å². The molecule has 1 amide bonds. The lowest BCUT2D eigenvalue weighted by atomic mass is 10.4. The van der Waals surface area contributed by atoms with Crippen molar-refractivity contribution in [1.82, 2.24) is 5.48 Å². The van der Waals surface area contributed by atoms with Crippen molar-refractivity contribution in [2.45, 2.75) is 13.3 Å². The lowest BCUT2D eigenvalue weighted by Gasteiger charge is -2.00. The molecule has 0 saturated carbocycles. The van der Waals surface area contributed by atoms with Crippen molar-refractivity contribution >= 4 is 11.9 Å². The second kappa shape index (κ2) is 4.75. The van der Waals surface area contributed by atoms with E-state index in [-0.39, 0.29) is 13.0 Å². The number of carbonyl (C=O) groups excluding carboxylic acids is 2. The van der Waals surface area contributed by atoms with Crippen molar-refractivity contribution in [1.29, 1.82) is 0 Å².